The zero-order valence-corrected chi connectivity index (χ0v) is 10.4. The molecule has 0 aliphatic heterocycles. The Kier molecular flexibility index (Phi) is 4.72. The van der Waals surface area contributed by atoms with Crippen LogP contribution in [0.3, 0.4) is 0 Å². The largest absolute Gasteiger partial charge is 0.497 e. The second-order valence-corrected chi connectivity index (χ2v) is 3.48. The second kappa shape index (κ2) is 6.07. The number of nitrogens with one attached hydrogen (secondary N) is 1. The molecule has 0 saturated heterocycles. The van der Waals surface area contributed by atoms with E-state index in [4.69, 9.17) is 17.0 Å². The molecule has 0 heterocycles. The van der Waals surface area contributed by atoms with Crippen LogP contribution >= 0.6 is 12.2 Å². The maximum atomic E-state index is 5.06. The van der Waals surface area contributed by atoms with E-state index in [2.05, 4.69) is 10.4 Å². The van der Waals surface area contributed by atoms with E-state index in [1.807, 2.05) is 24.3 Å². The van der Waals surface area contributed by atoms with Crippen LogP contribution in [-0.4, -0.2) is 37.5 Å². The molecule has 1 aromatic carbocycles. The summed E-state index contributed by atoms with van der Waals surface area (Å²) in [6.07, 6.45) is 1.74. The number of nitrogens with zero attached hydrogens (tertiary/aromatic N) is 2. The highest BCUT2D eigenvalue weighted by Crippen LogP contribution is 2.09. The van der Waals surface area contributed by atoms with Crippen molar-refractivity contribution in [3.63, 3.8) is 0 Å². The van der Waals surface area contributed by atoms with Crippen molar-refractivity contribution < 1.29 is 4.74 Å². The minimum absolute atomic E-state index is 0.574. The first-order valence-corrected chi connectivity index (χ1v) is 5.21. The highest BCUT2D eigenvalue weighted by atomic mass is 32.1. The molecule has 0 aliphatic carbocycles. The highest BCUT2D eigenvalue weighted by molar-refractivity contribution is 7.80. The predicted molar refractivity (Wildman–Crippen MR) is 70.0 cm³/mol. The maximum absolute atomic E-state index is 5.06. The first-order valence-electron chi connectivity index (χ1n) is 4.81. The molecular weight excluding hydrogens is 222 g/mol. The van der Waals surface area contributed by atoms with Crippen LogP contribution in [0.15, 0.2) is 29.4 Å². The lowest BCUT2D eigenvalue weighted by Crippen LogP contribution is -2.30. The van der Waals surface area contributed by atoms with Crippen LogP contribution in [0.1, 0.15) is 5.56 Å². The molecule has 86 valence electrons. The van der Waals surface area contributed by atoms with Gasteiger partial charge in [0.25, 0.3) is 0 Å². The molecule has 0 fully saturated rings. The van der Waals surface area contributed by atoms with E-state index in [-0.39, 0.29) is 0 Å². The van der Waals surface area contributed by atoms with Crippen molar-refractivity contribution in [3.8, 4) is 5.75 Å². The number of rotatable bonds is 3. The van der Waals surface area contributed by atoms with E-state index in [1.54, 1.807) is 32.4 Å². The van der Waals surface area contributed by atoms with Crippen LogP contribution in [0.2, 0.25) is 0 Å². The second-order valence-electron chi connectivity index (χ2n) is 3.10. The van der Waals surface area contributed by atoms with Crippen LogP contribution in [0.5, 0.6) is 5.75 Å². The molecule has 0 spiro atoms. The molecule has 0 aromatic heterocycles. The molecule has 0 atom stereocenters. The number of hydrazone groups is 1. The zero-order chi connectivity index (χ0) is 12.0. The highest BCUT2D eigenvalue weighted by Gasteiger charge is 1.97. The summed E-state index contributed by atoms with van der Waals surface area (Å²) < 4.78 is 5.06. The van der Waals surface area contributed by atoms with E-state index >= 15 is 0 Å². The SMILES string of the molecule is CNC(=S)N(C)N=Cc1ccc(OC)cc1. The van der Waals surface area contributed by atoms with E-state index in [9.17, 15) is 0 Å². The van der Waals surface area contributed by atoms with E-state index in [0.717, 1.165) is 11.3 Å². The maximum Gasteiger partial charge on any atom is 0.189 e. The van der Waals surface area contributed by atoms with Gasteiger partial charge in [-0.3, -0.25) is 0 Å². The van der Waals surface area contributed by atoms with Crippen molar-refractivity contribution >= 4 is 23.5 Å². The van der Waals surface area contributed by atoms with Gasteiger partial charge < -0.3 is 10.1 Å². The Hall–Kier alpha value is -1.62. The van der Waals surface area contributed by atoms with E-state index in [1.165, 1.54) is 0 Å². The van der Waals surface area contributed by atoms with Crippen molar-refractivity contribution in [2.75, 3.05) is 21.2 Å². The zero-order valence-electron chi connectivity index (χ0n) is 9.60. The van der Waals surface area contributed by atoms with Gasteiger partial charge in [-0.05, 0) is 42.0 Å². The Bertz CT molecular complexity index is 375. The fraction of sp³-hybridized carbons (Fsp3) is 0.273. The van der Waals surface area contributed by atoms with Crippen LogP contribution in [0, 0.1) is 0 Å². The number of hydrogen-bond donors (Lipinski definition) is 1. The number of benzene rings is 1. The van der Waals surface area contributed by atoms with Gasteiger partial charge >= 0.3 is 0 Å². The first kappa shape index (κ1) is 12.4. The van der Waals surface area contributed by atoms with Gasteiger partial charge in [-0.15, -0.1) is 0 Å². The van der Waals surface area contributed by atoms with Gasteiger partial charge in [0, 0.05) is 14.1 Å². The molecule has 0 aliphatic rings. The van der Waals surface area contributed by atoms with E-state index in [0.29, 0.717) is 5.11 Å². The summed E-state index contributed by atoms with van der Waals surface area (Å²) in [5.74, 6) is 0.830. The van der Waals surface area contributed by atoms with Gasteiger partial charge in [0.2, 0.25) is 0 Å². The van der Waals surface area contributed by atoms with Crippen LogP contribution in [0.25, 0.3) is 0 Å². The monoisotopic (exact) mass is 237 g/mol. The van der Waals surface area contributed by atoms with E-state index < -0.39 is 0 Å². The Morgan fingerprint density at radius 1 is 1.44 bits per heavy atom. The lowest BCUT2D eigenvalue weighted by atomic mass is 10.2. The lowest BCUT2D eigenvalue weighted by molar-refractivity contribution is 0.415. The predicted octanol–water partition coefficient (Wildman–Crippen LogP) is 1.47. The van der Waals surface area contributed by atoms with Gasteiger partial charge in [-0.25, -0.2) is 5.01 Å². The summed E-state index contributed by atoms with van der Waals surface area (Å²) in [5.41, 5.74) is 0.992. The van der Waals surface area contributed by atoms with Crippen molar-refractivity contribution in [1.82, 2.24) is 10.3 Å². The van der Waals surface area contributed by atoms with Crippen LogP contribution in [-0.2, 0) is 0 Å². The fourth-order valence-corrected chi connectivity index (χ4v) is 1.10. The molecule has 1 aromatic rings. The van der Waals surface area contributed by atoms with Gasteiger partial charge in [-0.1, -0.05) is 0 Å². The standard InChI is InChI=1S/C11H15N3OS/c1-12-11(16)14(2)13-8-9-4-6-10(15-3)7-5-9/h4-8H,1-3H3,(H,12,16). The third-order valence-electron chi connectivity index (χ3n) is 2.00. The average Bonchev–Trinajstić information content (AvgIpc) is 2.35. The molecule has 1 N–H and O–H groups in total. The minimum Gasteiger partial charge on any atom is -0.497 e. The van der Waals surface area contributed by atoms with Gasteiger partial charge in [0.05, 0.1) is 13.3 Å². The molecule has 5 heteroatoms. The number of ether oxygens (including phenoxy) is 1. The number of methoxy groups -OCH3 is 1. The van der Waals surface area contributed by atoms with Crippen LogP contribution in [0.4, 0.5) is 0 Å². The van der Waals surface area contributed by atoms with Crippen LogP contribution < -0.4 is 10.1 Å². The molecule has 1 rings (SSSR count). The summed E-state index contributed by atoms with van der Waals surface area (Å²) >= 11 is 5.01. The number of hydrogen-bond acceptors (Lipinski definition) is 3. The quantitative estimate of drug-likeness (QED) is 0.490. The van der Waals surface area contributed by atoms with Gasteiger partial charge in [0.15, 0.2) is 5.11 Å². The molecular formula is C11H15N3OS. The van der Waals surface area contributed by atoms with Crippen molar-refractivity contribution in [2.24, 2.45) is 5.10 Å². The number of thiocarbonyl (C=S) groups is 1. The summed E-state index contributed by atoms with van der Waals surface area (Å²) in [6, 6.07) is 7.63. The molecule has 0 unspecified atom stereocenters. The summed E-state index contributed by atoms with van der Waals surface area (Å²) in [7, 11) is 5.20. The molecule has 0 radical (unpaired) electrons. The Morgan fingerprint density at radius 2 is 2.06 bits per heavy atom. The average molecular weight is 237 g/mol. The van der Waals surface area contributed by atoms with Crippen molar-refractivity contribution in [2.45, 2.75) is 0 Å². The lowest BCUT2D eigenvalue weighted by Gasteiger charge is -2.12. The molecule has 16 heavy (non-hydrogen) atoms. The van der Waals surface area contributed by atoms with Crippen molar-refractivity contribution in [1.29, 1.82) is 0 Å². The molecule has 0 bridgehead atoms. The fourth-order valence-electron chi connectivity index (χ4n) is 1.06. The normalized spacial score (nSPS) is 10.2. The smallest absolute Gasteiger partial charge is 0.189 e. The summed E-state index contributed by atoms with van der Waals surface area (Å²) in [6.45, 7) is 0. The Balaban J connectivity index is 2.65. The summed E-state index contributed by atoms with van der Waals surface area (Å²) in [5, 5.41) is 9.20. The molecule has 0 saturated carbocycles. The first-order chi connectivity index (χ1) is 7.67. The molecule has 0 amide bonds. The third-order valence-corrected chi connectivity index (χ3v) is 2.47. The van der Waals surface area contributed by atoms with Gasteiger partial charge in [0.1, 0.15) is 5.75 Å². The summed E-state index contributed by atoms with van der Waals surface area (Å²) in [4.78, 5) is 0. The van der Waals surface area contributed by atoms with Crippen molar-refractivity contribution in [3.05, 3.63) is 29.8 Å². The third kappa shape index (κ3) is 3.51. The Labute approximate surface area is 101 Å². The molecule has 4 nitrogen and oxygen atoms in total. The van der Waals surface area contributed by atoms with Gasteiger partial charge in [-0.2, -0.15) is 5.10 Å². The Morgan fingerprint density at radius 3 is 2.56 bits per heavy atom. The minimum atomic E-state index is 0.574. The topological polar surface area (TPSA) is 36.9 Å².